The van der Waals surface area contributed by atoms with Gasteiger partial charge in [-0.1, -0.05) is 11.6 Å². The summed E-state index contributed by atoms with van der Waals surface area (Å²) >= 11 is 11.4. The van der Waals surface area contributed by atoms with E-state index in [2.05, 4.69) is 38.5 Å². The predicted octanol–water partition coefficient (Wildman–Crippen LogP) is 4.90. The van der Waals surface area contributed by atoms with Crippen molar-refractivity contribution in [1.29, 1.82) is 0 Å². The van der Waals surface area contributed by atoms with Crippen LogP contribution in [0, 0.1) is 9.39 Å². The third-order valence-corrected chi connectivity index (χ3v) is 4.73. The first-order chi connectivity index (χ1) is 9.43. The molecule has 20 heavy (non-hydrogen) atoms. The summed E-state index contributed by atoms with van der Waals surface area (Å²) in [6.45, 7) is 0. The summed E-state index contributed by atoms with van der Waals surface area (Å²) in [5, 5.41) is 0.607. The third-order valence-electron chi connectivity index (χ3n) is 2.90. The van der Waals surface area contributed by atoms with Gasteiger partial charge in [-0.15, -0.1) is 0 Å². The van der Waals surface area contributed by atoms with Crippen LogP contribution in [-0.2, 0) is 0 Å². The van der Waals surface area contributed by atoms with Gasteiger partial charge in [0.25, 0.3) is 0 Å². The zero-order chi connectivity index (χ0) is 14.9. The first kappa shape index (κ1) is 16.0. The van der Waals surface area contributed by atoms with Crippen LogP contribution in [-0.4, -0.2) is 7.11 Å². The second-order valence-corrected chi connectivity index (χ2v) is 6.60. The molecule has 6 heteroatoms. The third kappa shape index (κ3) is 3.27. The van der Waals surface area contributed by atoms with E-state index in [-0.39, 0.29) is 0 Å². The molecular formula is C14H11BrClFINO. The van der Waals surface area contributed by atoms with Crippen molar-refractivity contribution < 1.29 is 9.13 Å². The molecule has 0 spiro atoms. The summed E-state index contributed by atoms with van der Waals surface area (Å²) in [4.78, 5) is 0. The van der Waals surface area contributed by atoms with Crippen LogP contribution < -0.4 is 10.5 Å². The zero-order valence-corrected chi connectivity index (χ0v) is 15.0. The van der Waals surface area contributed by atoms with E-state index in [1.54, 1.807) is 12.1 Å². The topological polar surface area (TPSA) is 35.2 Å². The van der Waals surface area contributed by atoms with E-state index in [9.17, 15) is 4.39 Å². The molecule has 2 aromatic rings. The van der Waals surface area contributed by atoms with E-state index in [1.165, 1.54) is 13.2 Å². The summed E-state index contributed by atoms with van der Waals surface area (Å²) < 4.78 is 20.1. The first-order valence-corrected chi connectivity index (χ1v) is 7.92. The molecule has 106 valence electrons. The van der Waals surface area contributed by atoms with E-state index in [0.717, 1.165) is 9.13 Å². The van der Waals surface area contributed by atoms with E-state index in [1.807, 2.05) is 12.1 Å². The van der Waals surface area contributed by atoms with Crippen molar-refractivity contribution in [2.24, 2.45) is 5.73 Å². The molecule has 0 saturated carbocycles. The van der Waals surface area contributed by atoms with Crippen LogP contribution >= 0.6 is 50.1 Å². The number of ether oxygens (including phenoxy) is 1. The molecule has 0 aliphatic rings. The molecule has 0 amide bonds. The summed E-state index contributed by atoms with van der Waals surface area (Å²) in [6.07, 6.45) is 0. The highest BCUT2D eigenvalue weighted by Gasteiger charge is 2.19. The number of hydrogen-bond acceptors (Lipinski definition) is 2. The van der Waals surface area contributed by atoms with Crippen molar-refractivity contribution in [3.8, 4) is 5.75 Å². The Morgan fingerprint density at radius 1 is 1.30 bits per heavy atom. The number of methoxy groups -OCH3 is 1. The second kappa shape index (κ2) is 6.60. The first-order valence-electron chi connectivity index (χ1n) is 5.67. The number of hydrogen-bond donors (Lipinski definition) is 1. The van der Waals surface area contributed by atoms with Gasteiger partial charge in [0.1, 0.15) is 11.6 Å². The van der Waals surface area contributed by atoms with E-state index in [0.29, 0.717) is 20.8 Å². The summed E-state index contributed by atoms with van der Waals surface area (Å²) in [7, 11) is 1.49. The fourth-order valence-corrected chi connectivity index (χ4v) is 3.10. The molecule has 1 unspecified atom stereocenters. The standard InChI is InChI=1S/C14H11BrClFINO/c1-20-13-6-11(17)10(15)5-9(13)14(19)8-4-7(16)2-3-12(8)18/h2-6,14H,19H2,1H3. The second-order valence-electron chi connectivity index (χ2n) is 4.15. The van der Waals surface area contributed by atoms with Gasteiger partial charge in [0.05, 0.1) is 17.6 Å². The molecule has 0 saturated heterocycles. The van der Waals surface area contributed by atoms with Crippen molar-refractivity contribution in [3.63, 3.8) is 0 Å². The Labute approximate surface area is 143 Å². The summed E-state index contributed by atoms with van der Waals surface area (Å²) in [5.74, 6) is 0.0209. The molecule has 0 aliphatic heterocycles. The van der Waals surface area contributed by atoms with Crippen LogP contribution in [0.3, 0.4) is 0 Å². The molecule has 0 bridgehead atoms. The average Bonchev–Trinajstić information content (AvgIpc) is 2.43. The average molecular weight is 471 g/mol. The normalized spacial score (nSPS) is 12.3. The van der Waals surface area contributed by atoms with Gasteiger partial charge in [-0.2, -0.15) is 0 Å². The van der Waals surface area contributed by atoms with Crippen LogP contribution in [0.1, 0.15) is 17.2 Å². The maximum absolute atomic E-state index is 13.6. The molecule has 0 heterocycles. The molecular weight excluding hydrogens is 459 g/mol. The molecule has 0 aromatic heterocycles. The molecule has 2 N–H and O–H groups in total. The molecule has 1 atom stereocenters. The monoisotopic (exact) mass is 469 g/mol. The molecule has 2 rings (SSSR count). The van der Waals surface area contributed by atoms with Crippen LogP contribution in [0.5, 0.6) is 5.75 Å². The van der Waals surface area contributed by atoms with Crippen molar-refractivity contribution in [1.82, 2.24) is 0 Å². The summed E-state index contributed by atoms with van der Waals surface area (Å²) in [6, 6.07) is 8.00. The lowest BCUT2D eigenvalue weighted by molar-refractivity contribution is 0.404. The Bertz CT molecular complexity index is 653. The van der Waals surface area contributed by atoms with Gasteiger partial charge < -0.3 is 10.5 Å². The van der Waals surface area contributed by atoms with Gasteiger partial charge in [0.15, 0.2) is 0 Å². The van der Waals surface area contributed by atoms with Crippen molar-refractivity contribution >= 4 is 50.1 Å². The molecule has 2 aromatic carbocycles. The number of halogens is 4. The van der Waals surface area contributed by atoms with Gasteiger partial charge in [0, 0.05) is 20.2 Å². The van der Waals surface area contributed by atoms with Gasteiger partial charge >= 0.3 is 0 Å². The Kier molecular flexibility index (Phi) is 5.28. The van der Waals surface area contributed by atoms with Crippen molar-refractivity contribution in [3.05, 3.63) is 60.3 Å². The lowest BCUT2D eigenvalue weighted by atomic mass is 9.98. The van der Waals surface area contributed by atoms with Gasteiger partial charge in [-0.3, -0.25) is 0 Å². The quantitative estimate of drug-likeness (QED) is 0.648. The molecule has 2 nitrogen and oxygen atoms in total. The fourth-order valence-electron chi connectivity index (χ4n) is 1.88. The highest BCUT2D eigenvalue weighted by molar-refractivity contribution is 14.1. The molecule has 0 aliphatic carbocycles. The van der Waals surface area contributed by atoms with E-state index >= 15 is 0 Å². The highest BCUT2D eigenvalue weighted by Crippen LogP contribution is 2.35. The van der Waals surface area contributed by atoms with Crippen LogP contribution in [0.15, 0.2) is 34.8 Å². The van der Waals surface area contributed by atoms with Gasteiger partial charge in [-0.05, 0) is 68.3 Å². The largest absolute Gasteiger partial charge is 0.496 e. The van der Waals surface area contributed by atoms with Gasteiger partial charge in [0.2, 0.25) is 0 Å². The minimum Gasteiger partial charge on any atom is -0.496 e. The fraction of sp³-hybridized carbons (Fsp3) is 0.143. The van der Waals surface area contributed by atoms with Crippen LogP contribution in [0.4, 0.5) is 4.39 Å². The Morgan fingerprint density at radius 3 is 2.65 bits per heavy atom. The maximum atomic E-state index is 13.6. The van der Waals surface area contributed by atoms with Gasteiger partial charge in [-0.25, -0.2) is 4.39 Å². The lowest BCUT2D eigenvalue weighted by Crippen LogP contribution is -2.15. The highest BCUT2D eigenvalue weighted by atomic mass is 127. The maximum Gasteiger partial charge on any atom is 0.141 e. The van der Waals surface area contributed by atoms with Crippen LogP contribution in [0.2, 0.25) is 5.02 Å². The van der Waals surface area contributed by atoms with E-state index in [4.69, 9.17) is 22.1 Å². The summed E-state index contributed by atoms with van der Waals surface area (Å²) in [5.41, 5.74) is 7.86. The number of rotatable bonds is 3. The smallest absolute Gasteiger partial charge is 0.141 e. The minimum absolute atomic E-state index is 0.348. The minimum atomic E-state index is -0.451. The SMILES string of the molecule is COc1cc(F)c(Br)cc1C(N)c1cc(Cl)ccc1I. The number of nitrogens with two attached hydrogens (primary N) is 1. The van der Waals surface area contributed by atoms with Crippen molar-refractivity contribution in [2.45, 2.75) is 6.04 Å². The Morgan fingerprint density at radius 2 is 2.00 bits per heavy atom. The Balaban J connectivity index is 2.55. The predicted molar refractivity (Wildman–Crippen MR) is 90.9 cm³/mol. The zero-order valence-electron chi connectivity index (χ0n) is 10.5. The molecule has 0 fully saturated rings. The Hall–Kier alpha value is -0.370. The van der Waals surface area contributed by atoms with Crippen molar-refractivity contribution in [2.75, 3.05) is 7.11 Å². The molecule has 0 radical (unpaired) electrons. The lowest BCUT2D eigenvalue weighted by Gasteiger charge is -2.18. The van der Waals surface area contributed by atoms with E-state index < -0.39 is 11.9 Å². The number of benzene rings is 2. The van der Waals surface area contributed by atoms with Crippen LogP contribution in [0.25, 0.3) is 0 Å².